The number of nitrogens with zero attached hydrogens (tertiary/aromatic N) is 8. The SMILES string of the molecule is CCNC(=O)Nc1nc2c(-c3ncccc3F)cc(-c3ccc(CN4CCOCC4)nc3)cc2[nH]1.CCOC(=O)Nc1nc2c(-c3ncccc3F)cc(-c3ccc(CN4CCOCC4)nc3)cc2[nH]1. The van der Waals surface area contributed by atoms with Crippen LogP contribution in [0.2, 0.25) is 0 Å². The van der Waals surface area contributed by atoms with Crippen LogP contribution in [0.25, 0.3) is 66.8 Å². The molecule has 6 aromatic heterocycles. The molecule has 0 radical (unpaired) electrons. The van der Waals surface area contributed by atoms with Gasteiger partial charge in [-0.15, -0.1) is 0 Å². The van der Waals surface area contributed by atoms with Crippen LogP contribution in [0.3, 0.4) is 0 Å². The predicted octanol–water partition coefficient (Wildman–Crippen LogP) is 8.03. The molecule has 18 nitrogen and oxygen atoms in total. The molecule has 0 aliphatic carbocycles. The van der Waals surface area contributed by atoms with Crippen molar-refractivity contribution in [3.63, 3.8) is 0 Å². The number of aromatic amines is 2. The molecule has 0 atom stereocenters. The summed E-state index contributed by atoms with van der Waals surface area (Å²) in [6.07, 6.45) is 6.07. The van der Waals surface area contributed by atoms with Gasteiger partial charge >= 0.3 is 12.1 Å². The van der Waals surface area contributed by atoms with E-state index in [0.717, 1.165) is 99.3 Å². The van der Waals surface area contributed by atoms with E-state index >= 15 is 0 Å². The van der Waals surface area contributed by atoms with Gasteiger partial charge in [-0.05, 0) is 85.6 Å². The van der Waals surface area contributed by atoms with E-state index in [4.69, 9.17) is 14.2 Å². The van der Waals surface area contributed by atoms with E-state index in [1.807, 2.05) is 67.8 Å². The molecule has 2 saturated heterocycles. The van der Waals surface area contributed by atoms with E-state index in [1.165, 1.54) is 24.4 Å². The maximum absolute atomic E-state index is 14.7. The van der Waals surface area contributed by atoms with Crippen LogP contribution in [0.5, 0.6) is 0 Å². The first-order valence-electron chi connectivity index (χ1n) is 23.0. The molecule has 70 heavy (non-hydrogen) atoms. The maximum Gasteiger partial charge on any atom is 0.413 e. The fourth-order valence-electron chi connectivity index (χ4n) is 8.15. The molecule has 8 heterocycles. The highest BCUT2D eigenvalue weighted by atomic mass is 19.1. The zero-order chi connectivity index (χ0) is 48.4. The Morgan fingerprint density at radius 3 is 1.56 bits per heavy atom. The molecule has 0 bridgehead atoms. The lowest BCUT2D eigenvalue weighted by Gasteiger charge is -2.26. The molecule has 8 aromatic rings. The Labute approximate surface area is 401 Å². The van der Waals surface area contributed by atoms with Gasteiger partial charge in [0.25, 0.3) is 0 Å². The Morgan fingerprint density at radius 2 is 1.13 bits per heavy atom. The first kappa shape index (κ1) is 47.3. The fourth-order valence-corrected chi connectivity index (χ4v) is 8.15. The number of nitrogens with one attached hydrogen (secondary N) is 5. The number of urea groups is 1. The minimum Gasteiger partial charge on any atom is -0.450 e. The van der Waals surface area contributed by atoms with Crippen molar-refractivity contribution in [1.82, 2.24) is 55.0 Å². The summed E-state index contributed by atoms with van der Waals surface area (Å²) < 4.78 is 45.2. The van der Waals surface area contributed by atoms with Crippen LogP contribution < -0.4 is 16.0 Å². The summed E-state index contributed by atoms with van der Waals surface area (Å²) >= 11 is 0. The minimum atomic E-state index is -0.627. The lowest BCUT2D eigenvalue weighted by molar-refractivity contribution is 0.0336. The number of H-pyrrole nitrogens is 2. The number of aromatic nitrogens is 8. The third kappa shape index (κ3) is 11.4. The molecule has 0 spiro atoms. The van der Waals surface area contributed by atoms with Gasteiger partial charge in [-0.2, -0.15) is 0 Å². The molecule has 10 rings (SSSR count). The maximum atomic E-state index is 14.7. The van der Waals surface area contributed by atoms with Crippen molar-refractivity contribution in [2.75, 3.05) is 76.4 Å². The normalized spacial score (nSPS) is 14.2. The van der Waals surface area contributed by atoms with Gasteiger partial charge < -0.3 is 29.5 Å². The average molecular weight is 952 g/mol. The van der Waals surface area contributed by atoms with Gasteiger partial charge in [0.15, 0.2) is 0 Å². The summed E-state index contributed by atoms with van der Waals surface area (Å²) in [5.41, 5.74) is 8.96. The zero-order valence-electron chi connectivity index (χ0n) is 38.6. The van der Waals surface area contributed by atoms with Gasteiger partial charge in [0, 0.05) is 92.9 Å². The van der Waals surface area contributed by atoms with Crippen molar-refractivity contribution in [3.05, 3.63) is 121 Å². The number of amides is 3. The lowest BCUT2D eigenvalue weighted by Crippen LogP contribution is -2.35. The van der Waals surface area contributed by atoms with Crippen LogP contribution in [0.4, 0.5) is 30.3 Å². The third-order valence-corrected chi connectivity index (χ3v) is 11.6. The highest BCUT2D eigenvalue weighted by Gasteiger charge is 2.20. The number of halogens is 2. The highest BCUT2D eigenvalue weighted by Crippen LogP contribution is 2.36. The Balaban J connectivity index is 0.000000174. The van der Waals surface area contributed by atoms with Crippen molar-refractivity contribution in [3.8, 4) is 44.8 Å². The summed E-state index contributed by atoms with van der Waals surface area (Å²) in [5, 5.41) is 7.90. The first-order valence-corrected chi connectivity index (χ1v) is 23.0. The second kappa shape index (κ2) is 22.1. The summed E-state index contributed by atoms with van der Waals surface area (Å²) in [6, 6.07) is 20.9. The van der Waals surface area contributed by atoms with Crippen molar-refractivity contribution >= 4 is 46.1 Å². The van der Waals surface area contributed by atoms with Gasteiger partial charge in [-0.1, -0.05) is 12.1 Å². The van der Waals surface area contributed by atoms with E-state index in [9.17, 15) is 18.4 Å². The quantitative estimate of drug-likeness (QED) is 0.0786. The van der Waals surface area contributed by atoms with Crippen LogP contribution in [0, 0.1) is 11.6 Å². The standard InChI is InChI=1S/C25H26FN7O2.C25H25FN6O3/c1-2-27-25(34)32-24-30-21-13-17(12-19(23(21)31-24)22-20(26)4-3-7-28-22)16-5-6-18(29-14-16)15-33-8-10-35-11-9-33;1-2-35-25(33)31-24-29-21-13-17(12-19(23(21)30-24)22-20(26)4-3-7-27-22)16-5-6-18(28-14-16)15-32-8-10-34-11-9-32/h3-7,12-14H,2,8-11,15H2,1H3,(H3,27,30,31,32,34);3-7,12-14H,2,8-11,15H2,1H3,(H2,29,30,31,33). The molecule has 360 valence electrons. The molecule has 2 fully saturated rings. The van der Waals surface area contributed by atoms with Crippen LogP contribution in [0.1, 0.15) is 25.2 Å². The largest absolute Gasteiger partial charge is 0.450 e. The molecule has 0 saturated carbocycles. The second-order valence-corrected chi connectivity index (χ2v) is 16.4. The molecular formula is C50H51F2N13O5. The topological polar surface area (TPSA) is 213 Å². The van der Waals surface area contributed by atoms with Crippen molar-refractivity contribution < 1.29 is 32.6 Å². The number of hydrogen-bond acceptors (Lipinski definition) is 13. The van der Waals surface area contributed by atoms with Crippen molar-refractivity contribution in [2.45, 2.75) is 26.9 Å². The van der Waals surface area contributed by atoms with Gasteiger partial charge in [0.2, 0.25) is 11.9 Å². The number of imidazole rings is 2. The predicted molar refractivity (Wildman–Crippen MR) is 261 cm³/mol. The Hall–Kier alpha value is -7.78. The third-order valence-electron chi connectivity index (χ3n) is 11.6. The number of carbonyl (C=O) groups excluding carboxylic acids is 2. The molecule has 0 unspecified atom stereocenters. The monoisotopic (exact) mass is 951 g/mol. The number of rotatable bonds is 12. The molecule has 5 N–H and O–H groups in total. The van der Waals surface area contributed by atoms with Gasteiger partial charge in [-0.3, -0.25) is 40.4 Å². The number of anilines is 2. The summed E-state index contributed by atoms with van der Waals surface area (Å²) in [6.45, 7) is 12.3. The van der Waals surface area contributed by atoms with Crippen LogP contribution >= 0.6 is 0 Å². The van der Waals surface area contributed by atoms with Gasteiger partial charge in [0.05, 0.1) is 55.5 Å². The zero-order valence-corrected chi connectivity index (χ0v) is 38.6. The van der Waals surface area contributed by atoms with Crippen LogP contribution in [0.15, 0.2) is 97.6 Å². The number of carbonyl (C=O) groups is 2. The van der Waals surface area contributed by atoms with Crippen molar-refractivity contribution in [1.29, 1.82) is 0 Å². The lowest BCUT2D eigenvalue weighted by atomic mass is 10.0. The van der Waals surface area contributed by atoms with E-state index in [2.05, 4.69) is 65.6 Å². The molecule has 20 heteroatoms. The highest BCUT2D eigenvalue weighted by molar-refractivity contribution is 5.99. The molecule has 2 aliphatic heterocycles. The van der Waals surface area contributed by atoms with Gasteiger partial charge in [0.1, 0.15) is 34.1 Å². The number of ether oxygens (including phenoxy) is 3. The Morgan fingerprint density at radius 1 is 0.643 bits per heavy atom. The molecule has 2 aliphatic rings. The van der Waals surface area contributed by atoms with E-state index in [-0.39, 0.29) is 35.9 Å². The number of benzene rings is 2. The number of pyridine rings is 4. The minimum absolute atomic E-state index is 0.172. The second-order valence-electron chi connectivity index (χ2n) is 16.4. The average Bonchev–Trinajstić information content (AvgIpc) is 3.98. The van der Waals surface area contributed by atoms with Crippen LogP contribution in [-0.2, 0) is 27.3 Å². The molecule has 2 aromatic carbocycles. The van der Waals surface area contributed by atoms with E-state index in [1.54, 1.807) is 19.2 Å². The van der Waals surface area contributed by atoms with E-state index in [0.29, 0.717) is 39.7 Å². The molecule has 3 amide bonds. The molecular weight excluding hydrogens is 901 g/mol. The van der Waals surface area contributed by atoms with Gasteiger partial charge in [-0.25, -0.2) is 28.3 Å². The number of hydrogen-bond donors (Lipinski definition) is 5. The number of fused-ring (bicyclic) bond motifs is 2. The fraction of sp³-hybridized carbons (Fsp3) is 0.280. The first-order chi connectivity index (χ1) is 34.2. The summed E-state index contributed by atoms with van der Waals surface area (Å²) in [4.78, 5) is 61.4. The smallest absolute Gasteiger partial charge is 0.413 e. The Bertz CT molecular complexity index is 2880. The number of morpholine rings is 2. The van der Waals surface area contributed by atoms with Crippen molar-refractivity contribution in [2.24, 2.45) is 0 Å². The van der Waals surface area contributed by atoms with E-state index < -0.39 is 17.7 Å². The summed E-state index contributed by atoms with van der Waals surface area (Å²) in [7, 11) is 0. The van der Waals surface area contributed by atoms with Crippen LogP contribution in [-0.4, -0.2) is 128 Å². The Kier molecular flexibility index (Phi) is 14.9. The summed E-state index contributed by atoms with van der Waals surface area (Å²) in [5.74, 6) is -0.453.